The third kappa shape index (κ3) is 3.29. The van der Waals surface area contributed by atoms with E-state index in [9.17, 15) is 4.79 Å². The second-order valence-electron chi connectivity index (χ2n) is 6.55. The topological polar surface area (TPSA) is 46.3 Å². The largest absolute Gasteiger partial charge is 0.342 e. The molecule has 0 radical (unpaired) electrons. The van der Waals surface area contributed by atoms with Crippen LogP contribution in [0.5, 0.6) is 0 Å². The van der Waals surface area contributed by atoms with Crippen molar-refractivity contribution in [2.45, 2.75) is 38.5 Å². The summed E-state index contributed by atoms with van der Waals surface area (Å²) >= 11 is 0. The Bertz CT molecular complexity index is 465. The first-order valence-corrected chi connectivity index (χ1v) is 8.33. The summed E-state index contributed by atoms with van der Waals surface area (Å²) in [5.41, 5.74) is 8.57. The lowest BCUT2D eigenvalue weighted by molar-refractivity contribution is -0.136. The van der Waals surface area contributed by atoms with Gasteiger partial charge in [-0.15, -0.1) is 0 Å². The molecule has 1 heterocycles. The van der Waals surface area contributed by atoms with Crippen LogP contribution >= 0.6 is 0 Å². The highest BCUT2D eigenvalue weighted by atomic mass is 16.2. The molecule has 2 aliphatic rings. The predicted octanol–water partition coefficient (Wildman–Crippen LogP) is 2.38. The Labute approximate surface area is 127 Å². The zero-order chi connectivity index (χ0) is 14.7. The Morgan fingerprint density at radius 3 is 2.14 bits per heavy atom. The molecule has 1 aliphatic heterocycles. The lowest BCUT2D eigenvalue weighted by Gasteiger charge is -2.31. The summed E-state index contributed by atoms with van der Waals surface area (Å²) in [5.74, 6) is 1.27. The van der Waals surface area contributed by atoms with Crippen molar-refractivity contribution in [1.29, 1.82) is 0 Å². The Hall–Kier alpha value is -1.35. The Kier molecular flexibility index (Phi) is 4.59. The first-order chi connectivity index (χ1) is 10.3. The molecular formula is C18H26N2O. The average molecular weight is 286 g/mol. The predicted molar refractivity (Wildman–Crippen MR) is 84.9 cm³/mol. The van der Waals surface area contributed by atoms with Crippen molar-refractivity contribution in [2.24, 2.45) is 17.6 Å². The lowest BCUT2D eigenvalue weighted by atomic mass is 9.81. The van der Waals surface area contributed by atoms with Gasteiger partial charge >= 0.3 is 0 Å². The zero-order valence-electron chi connectivity index (χ0n) is 12.8. The number of hydrogen-bond donors (Lipinski definition) is 1. The SMILES string of the molecule is NCC1CCC(C(=O)N2CCc3ccccc3CC2)CC1. The molecule has 1 amide bonds. The Balaban J connectivity index is 1.59. The van der Waals surface area contributed by atoms with Crippen molar-refractivity contribution >= 4 is 5.91 Å². The first kappa shape index (κ1) is 14.6. The summed E-state index contributed by atoms with van der Waals surface area (Å²) in [5, 5.41) is 0. The van der Waals surface area contributed by atoms with Crippen LogP contribution in [0.2, 0.25) is 0 Å². The molecule has 0 aromatic heterocycles. The van der Waals surface area contributed by atoms with E-state index in [-0.39, 0.29) is 5.92 Å². The summed E-state index contributed by atoms with van der Waals surface area (Å²) in [6.45, 7) is 2.54. The summed E-state index contributed by atoms with van der Waals surface area (Å²) in [7, 11) is 0. The van der Waals surface area contributed by atoms with Crippen molar-refractivity contribution in [3.63, 3.8) is 0 Å². The van der Waals surface area contributed by atoms with Gasteiger partial charge in [0.25, 0.3) is 0 Å². The van der Waals surface area contributed by atoms with Gasteiger partial charge < -0.3 is 10.6 Å². The molecule has 0 unspecified atom stereocenters. The molecule has 3 nitrogen and oxygen atoms in total. The number of hydrogen-bond acceptors (Lipinski definition) is 2. The van der Waals surface area contributed by atoms with Crippen LogP contribution in [0.4, 0.5) is 0 Å². The van der Waals surface area contributed by atoms with E-state index in [2.05, 4.69) is 29.2 Å². The molecular weight excluding hydrogens is 260 g/mol. The maximum Gasteiger partial charge on any atom is 0.225 e. The van der Waals surface area contributed by atoms with Crippen molar-refractivity contribution in [3.05, 3.63) is 35.4 Å². The second-order valence-corrected chi connectivity index (χ2v) is 6.55. The van der Waals surface area contributed by atoms with Crippen LogP contribution in [0.3, 0.4) is 0 Å². The zero-order valence-corrected chi connectivity index (χ0v) is 12.8. The minimum absolute atomic E-state index is 0.244. The smallest absolute Gasteiger partial charge is 0.225 e. The number of carbonyl (C=O) groups excluding carboxylic acids is 1. The van der Waals surface area contributed by atoms with Crippen LogP contribution in [-0.2, 0) is 17.6 Å². The van der Waals surface area contributed by atoms with Crippen LogP contribution in [0, 0.1) is 11.8 Å². The molecule has 2 N–H and O–H groups in total. The molecule has 0 spiro atoms. The first-order valence-electron chi connectivity index (χ1n) is 8.33. The third-order valence-corrected chi connectivity index (χ3v) is 5.26. The minimum atomic E-state index is 0.244. The van der Waals surface area contributed by atoms with E-state index in [1.165, 1.54) is 11.1 Å². The Morgan fingerprint density at radius 2 is 1.62 bits per heavy atom. The van der Waals surface area contributed by atoms with Crippen molar-refractivity contribution in [1.82, 2.24) is 4.90 Å². The molecule has 1 aliphatic carbocycles. The highest BCUT2D eigenvalue weighted by molar-refractivity contribution is 5.79. The maximum absolute atomic E-state index is 12.7. The van der Waals surface area contributed by atoms with Gasteiger partial charge in [0.2, 0.25) is 5.91 Å². The number of nitrogens with zero attached hydrogens (tertiary/aromatic N) is 1. The van der Waals surface area contributed by atoms with E-state index in [4.69, 9.17) is 5.73 Å². The number of fused-ring (bicyclic) bond motifs is 1. The lowest BCUT2D eigenvalue weighted by Crippen LogP contribution is -2.39. The monoisotopic (exact) mass is 286 g/mol. The molecule has 1 aromatic carbocycles. The molecule has 1 aromatic rings. The molecule has 114 valence electrons. The molecule has 3 rings (SSSR count). The van der Waals surface area contributed by atoms with Gasteiger partial charge in [-0.05, 0) is 62.1 Å². The van der Waals surface area contributed by atoms with Crippen molar-refractivity contribution in [2.75, 3.05) is 19.6 Å². The average Bonchev–Trinajstić information content (AvgIpc) is 2.77. The minimum Gasteiger partial charge on any atom is -0.342 e. The van der Waals surface area contributed by atoms with Gasteiger partial charge in [-0.3, -0.25) is 4.79 Å². The number of nitrogens with two attached hydrogens (primary N) is 1. The van der Waals surface area contributed by atoms with E-state index in [1.807, 2.05) is 0 Å². The Morgan fingerprint density at radius 1 is 1.05 bits per heavy atom. The van der Waals surface area contributed by atoms with Crippen molar-refractivity contribution in [3.8, 4) is 0 Å². The van der Waals surface area contributed by atoms with Crippen LogP contribution in [0.1, 0.15) is 36.8 Å². The van der Waals surface area contributed by atoms with Crippen molar-refractivity contribution < 1.29 is 4.79 Å². The highest BCUT2D eigenvalue weighted by Gasteiger charge is 2.29. The summed E-state index contributed by atoms with van der Waals surface area (Å²) < 4.78 is 0. The van der Waals surface area contributed by atoms with Gasteiger partial charge in [0.15, 0.2) is 0 Å². The fourth-order valence-electron chi connectivity index (χ4n) is 3.79. The van der Waals surface area contributed by atoms with E-state index in [0.717, 1.165) is 58.2 Å². The molecule has 0 saturated heterocycles. The van der Waals surface area contributed by atoms with Gasteiger partial charge in [0.05, 0.1) is 0 Å². The standard InChI is InChI=1S/C18H26N2O/c19-13-14-5-7-17(8-6-14)18(21)20-11-9-15-3-1-2-4-16(15)10-12-20/h1-4,14,17H,5-13,19H2. The van der Waals surface area contributed by atoms with E-state index in [1.54, 1.807) is 0 Å². The number of benzene rings is 1. The van der Waals surface area contributed by atoms with Gasteiger partial charge in [0, 0.05) is 19.0 Å². The molecule has 1 saturated carbocycles. The fraction of sp³-hybridized carbons (Fsp3) is 0.611. The van der Waals surface area contributed by atoms with E-state index < -0.39 is 0 Å². The third-order valence-electron chi connectivity index (χ3n) is 5.26. The van der Waals surface area contributed by atoms with Gasteiger partial charge in [-0.25, -0.2) is 0 Å². The summed E-state index contributed by atoms with van der Waals surface area (Å²) in [6.07, 6.45) is 6.32. The van der Waals surface area contributed by atoms with Crippen LogP contribution < -0.4 is 5.73 Å². The van der Waals surface area contributed by atoms with Crippen LogP contribution in [0.15, 0.2) is 24.3 Å². The number of carbonyl (C=O) groups is 1. The van der Waals surface area contributed by atoms with Gasteiger partial charge in [-0.1, -0.05) is 24.3 Å². The number of rotatable bonds is 2. The van der Waals surface area contributed by atoms with Gasteiger partial charge in [-0.2, -0.15) is 0 Å². The van der Waals surface area contributed by atoms with Gasteiger partial charge in [0.1, 0.15) is 0 Å². The van der Waals surface area contributed by atoms with Crippen LogP contribution in [0.25, 0.3) is 0 Å². The van der Waals surface area contributed by atoms with E-state index in [0.29, 0.717) is 11.8 Å². The quantitative estimate of drug-likeness (QED) is 0.907. The highest BCUT2D eigenvalue weighted by Crippen LogP contribution is 2.30. The van der Waals surface area contributed by atoms with E-state index >= 15 is 0 Å². The second kappa shape index (κ2) is 6.61. The van der Waals surface area contributed by atoms with Crippen LogP contribution in [-0.4, -0.2) is 30.4 Å². The maximum atomic E-state index is 12.7. The molecule has 0 atom stereocenters. The summed E-state index contributed by atoms with van der Waals surface area (Å²) in [4.78, 5) is 14.9. The normalized spacial score (nSPS) is 26.0. The molecule has 3 heteroatoms. The fourth-order valence-corrected chi connectivity index (χ4v) is 3.79. The number of amides is 1. The molecule has 1 fully saturated rings. The molecule has 0 bridgehead atoms. The molecule has 21 heavy (non-hydrogen) atoms. The summed E-state index contributed by atoms with van der Waals surface area (Å²) in [6, 6.07) is 8.61.